The van der Waals surface area contributed by atoms with E-state index in [-0.39, 0.29) is 11.3 Å². The molecule has 0 aliphatic heterocycles. The molecule has 1 saturated carbocycles. The highest BCUT2D eigenvalue weighted by Gasteiger charge is 2.21. The summed E-state index contributed by atoms with van der Waals surface area (Å²) in [7, 11) is 0. The molecule has 1 aliphatic carbocycles. The number of carbonyl (C=O) groups is 1. The third kappa shape index (κ3) is 1.52. The van der Waals surface area contributed by atoms with Gasteiger partial charge in [-0.3, -0.25) is 9.59 Å². The number of aldehydes is 1. The molecule has 0 unspecified atom stereocenters. The fraction of sp³-hybridized carbons (Fsp3) is 0.444. The smallest absolute Gasteiger partial charge is 0.251 e. The lowest BCUT2D eigenvalue weighted by molar-refractivity contribution is 0.111. The molecule has 4 nitrogen and oxygen atoms in total. The highest BCUT2D eigenvalue weighted by Crippen LogP contribution is 2.33. The Hall–Kier alpha value is -1.45. The molecule has 1 heterocycles. The van der Waals surface area contributed by atoms with Crippen molar-refractivity contribution >= 4 is 6.29 Å². The molecule has 1 N–H and O–H groups in total. The van der Waals surface area contributed by atoms with Crippen molar-refractivity contribution in [1.29, 1.82) is 0 Å². The van der Waals surface area contributed by atoms with Crippen LogP contribution in [0, 0.1) is 0 Å². The van der Waals surface area contributed by atoms with E-state index in [9.17, 15) is 9.59 Å². The molecule has 1 aromatic rings. The Bertz CT molecular complexity index is 379. The maximum atomic E-state index is 11.1. The second-order valence-electron chi connectivity index (χ2n) is 3.30. The number of aromatic amines is 1. The summed E-state index contributed by atoms with van der Waals surface area (Å²) in [5.41, 5.74) is -0.00958. The summed E-state index contributed by atoms with van der Waals surface area (Å²) < 4.78 is 0. The predicted molar refractivity (Wildman–Crippen MR) is 46.8 cm³/mol. The van der Waals surface area contributed by atoms with Crippen LogP contribution in [0.15, 0.2) is 10.9 Å². The van der Waals surface area contributed by atoms with Crippen molar-refractivity contribution < 1.29 is 4.79 Å². The van der Waals surface area contributed by atoms with E-state index in [1.54, 1.807) is 0 Å². The molecule has 2 rings (SSSR count). The van der Waals surface area contributed by atoms with E-state index in [4.69, 9.17) is 0 Å². The van der Waals surface area contributed by atoms with Gasteiger partial charge in [0.2, 0.25) is 0 Å². The summed E-state index contributed by atoms with van der Waals surface area (Å²) in [5, 5.41) is 0. The highest BCUT2D eigenvalue weighted by atomic mass is 16.1. The molecule has 0 atom stereocenters. The molecular weight excluding hydrogens is 168 g/mol. The lowest BCUT2D eigenvalue weighted by atomic mass is 9.85. The Morgan fingerprint density at radius 1 is 1.54 bits per heavy atom. The van der Waals surface area contributed by atoms with Gasteiger partial charge in [-0.25, -0.2) is 4.98 Å². The van der Waals surface area contributed by atoms with Crippen LogP contribution >= 0.6 is 0 Å². The molecule has 1 aliphatic rings. The summed E-state index contributed by atoms with van der Waals surface area (Å²) in [6.45, 7) is 0. The predicted octanol–water partition coefficient (Wildman–Crippen LogP) is 0.850. The van der Waals surface area contributed by atoms with Crippen molar-refractivity contribution in [2.45, 2.75) is 25.2 Å². The first-order valence-corrected chi connectivity index (χ1v) is 4.36. The van der Waals surface area contributed by atoms with Gasteiger partial charge in [0.05, 0.1) is 0 Å². The minimum absolute atomic E-state index is 0.227. The highest BCUT2D eigenvalue weighted by molar-refractivity contribution is 5.71. The number of hydrogen-bond donors (Lipinski definition) is 1. The van der Waals surface area contributed by atoms with Gasteiger partial charge >= 0.3 is 0 Å². The average Bonchev–Trinajstić information content (AvgIpc) is 2.00. The van der Waals surface area contributed by atoms with Crippen molar-refractivity contribution in [1.82, 2.24) is 9.97 Å². The van der Waals surface area contributed by atoms with E-state index >= 15 is 0 Å². The van der Waals surface area contributed by atoms with Gasteiger partial charge in [-0.2, -0.15) is 0 Å². The first kappa shape index (κ1) is 8.16. The maximum absolute atomic E-state index is 11.1. The molecular formula is C9H10N2O2. The minimum Gasteiger partial charge on any atom is -0.310 e. The van der Waals surface area contributed by atoms with Crippen molar-refractivity contribution in [3.63, 3.8) is 0 Å². The molecule has 1 fully saturated rings. The van der Waals surface area contributed by atoms with E-state index in [2.05, 4.69) is 9.97 Å². The average molecular weight is 178 g/mol. The monoisotopic (exact) mass is 178 g/mol. The SMILES string of the molecule is O=Cc1cc(=O)[nH]c(C2CCC2)n1. The fourth-order valence-electron chi connectivity index (χ4n) is 1.43. The quantitative estimate of drug-likeness (QED) is 0.683. The normalized spacial score (nSPS) is 16.6. The summed E-state index contributed by atoms with van der Waals surface area (Å²) in [6, 6.07) is 1.22. The van der Waals surface area contributed by atoms with Gasteiger partial charge in [-0.1, -0.05) is 6.42 Å². The Balaban J connectivity index is 2.39. The molecule has 0 aromatic carbocycles. The molecule has 13 heavy (non-hydrogen) atoms. The third-order valence-corrected chi connectivity index (χ3v) is 2.39. The Morgan fingerprint density at radius 3 is 2.85 bits per heavy atom. The zero-order valence-corrected chi connectivity index (χ0v) is 7.12. The van der Waals surface area contributed by atoms with Crippen LogP contribution in [0.3, 0.4) is 0 Å². The maximum Gasteiger partial charge on any atom is 0.251 e. The molecule has 1 aromatic heterocycles. The molecule has 68 valence electrons. The third-order valence-electron chi connectivity index (χ3n) is 2.39. The molecule has 0 amide bonds. The van der Waals surface area contributed by atoms with Crippen LogP contribution in [0.1, 0.15) is 41.5 Å². The Labute approximate surface area is 75.0 Å². The first-order chi connectivity index (χ1) is 6.29. The van der Waals surface area contributed by atoms with E-state index in [0.717, 1.165) is 12.8 Å². The number of carbonyl (C=O) groups excluding carboxylic acids is 1. The minimum atomic E-state index is -0.237. The molecule has 0 radical (unpaired) electrons. The topological polar surface area (TPSA) is 62.8 Å². The second-order valence-corrected chi connectivity index (χ2v) is 3.30. The summed E-state index contributed by atoms with van der Waals surface area (Å²) in [6.07, 6.45) is 3.91. The summed E-state index contributed by atoms with van der Waals surface area (Å²) >= 11 is 0. The lowest BCUT2D eigenvalue weighted by Gasteiger charge is -2.23. The van der Waals surface area contributed by atoms with Crippen molar-refractivity contribution in [3.8, 4) is 0 Å². The molecule has 0 spiro atoms. The van der Waals surface area contributed by atoms with Crippen LogP contribution in [-0.2, 0) is 0 Å². The van der Waals surface area contributed by atoms with Crippen LogP contribution in [0.2, 0.25) is 0 Å². The fourth-order valence-corrected chi connectivity index (χ4v) is 1.43. The van der Waals surface area contributed by atoms with E-state index in [1.165, 1.54) is 12.5 Å². The summed E-state index contributed by atoms with van der Waals surface area (Å²) in [5.74, 6) is 1.02. The van der Waals surface area contributed by atoms with Gasteiger partial charge < -0.3 is 4.98 Å². The van der Waals surface area contributed by atoms with Crippen LogP contribution in [0.5, 0.6) is 0 Å². The Kier molecular flexibility index (Phi) is 1.96. The van der Waals surface area contributed by atoms with Crippen LogP contribution in [0.25, 0.3) is 0 Å². The van der Waals surface area contributed by atoms with E-state index in [0.29, 0.717) is 18.0 Å². The zero-order chi connectivity index (χ0) is 9.26. The first-order valence-electron chi connectivity index (χ1n) is 4.36. The summed E-state index contributed by atoms with van der Waals surface area (Å²) in [4.78, 5) is 28.2. The van der Waals surface area contributed by atoms with E-state index < -0.39 is 0 Å². The van der Waals surface area contributed by atoms with Gasteiger partial charge in [0, 0.05) is 12.0 Å². The van der Waals surface area contributed by atoms with E-state index in [1.807, 2.05) is 0 Å². The van der Waals surface area contributed by atoms with Crippen LogP contribution in [-0.4, -0.2) is 16.3 Å². The Morgan fingerprint density at radius 2 is 2.31 bits per heavy atom. The molecule has 0 bridgehead atoms. The number of nitrogens with zero attached hydrogens (tertiary/aromatic N) is 1. The van der Waals surface area contributed by atoms with Crippen molar-refractivity contribution in [2.24, 2.45) is 0 Å². The van der Waals surface area contributed by atoms with Gasteiger partial charge in [0.25, 0.3) is 5.56 Å². The van der Waals surface area contributed by atoms with Gasteiger partial charge in [0.15, 0.2) is 6.29 Å². The molecule has 0 saturated heterocycles. The number of rotatable bonds is 2. The second kappa shape index (κ2) is 3.12. The number of hydrogen-bond acceptors (Lipinski definition) is 3. The van der Waals surface area contributed by atoms with Gasteiger partial charge in [-0.05, 0) is 12.8 Å². The van der Waals surface area contributed by atoms with Crippen molar-refractivity contribution in [3.05, 3.63) is 27.9 Å². The van der Waals surface area contributed by atoms with Gasteiger partial charge in [0.1, 0.15) is 11.5 Å². The van der Waals surface area contributed by atoms with Crippen LogP contribution < -0.4 is 5.56 Å². The zero-order valence-electron chi connectivity index (χ0n) is 7.12. The van der Waals surface area contributed by atoms with Crippen molar-refractivity contribution in [2.75, 3.05) is 0 Å². The number of H-pyrrole nitrogens is 1. The number of nitrogens with one attached hydrogen (secondary N) is 1. The van der Waals surface area contributed by atoms with Gasteiger partial charge in [-0.15, -0.1) is 0 Å². The molecule has 4 heteroatoms. The largest absolute Gasteiger partial charge is 0.310 e. The van der Waals surface area contributed by atoms with Crippen LogP contribution in [0.4, 0.5) is 0 Å². The standard InChI is InChI=1S/C9H10N2O2/c12-5-7-4-8(13)11-9(10-7)6-2-1-3-6/h4-6H,1-3H2,(H,10,11,13). The number of aromatic nitrogens is 2. The lowest BCUT2D eigenvalue weighted by Crippen LogP contribution is -2.19.